The number of hydrogen-bond donors (Lipinski definition) is 4. The van der Waals surface area contributed by atoms with Crippen LogP contribution in [-0.2, 0) is 14.3 Å². The molecule has 7 heteroatoms. The molecule has 4 fully saturated rings. The van der Waals surface area contributed by atoms with Crippen molar-refractivity contribution in [3.8, 4) is 0 Å². The molecule has 0 amide bonds. The van der Waals surface area contributed by atoms with E-state index in [2.05, 4.69) is 53.7 Å². The Morgan fingerprint density at radius 3 is 2.40 bits per heavy atom. The number of aliphatic hydroxyl groups is 4. The third kappa shape index (κ3) is 5.49. The minimum absolute atomic E-state index is 0.0512. The number of aliphatic hydroxyl groups excluding tert-OH is 4. The molecule has 238 valence electrons. The van der Waals surface area contributed by atoms with Crippen molar-refractivity contribution in [2.75, 3.05) is 6.61 Å². The first-order valence-corrected chi connectivity index (χ1v) is 16.7. The number of ether oxygens (including phenoxy) is 2. The van der Waals surface area contributed by atoms with Crippen molar-refractivity contribution >= 4 is 5.78 Å². The Bertz CT molecular complexity index is 1040. The molecule has 4 N–H and O–H groups in total. The molecule has 0 radical (unpaired) electrons. The fraction of sp³-hybridized carbons (Fsp3) is 0.857. The number of rotatable bonds is 8. The number of carbonyl (C=O) groups excluding carboxylic acids is 1. The van der Waals surface area contributed by atoms with Crippen LogP contribution in [0.15, 0.2) is 23.8 Å². The van der Waals surface area contributed by atoms with Gasteiger partial charge in [-0.15, -0.1) is 0 Å². The van der Waals surface area contributed by atoms with E-state index in [-0.39, 0.29) is 28.6 Å². The maximum Gasteiger partial charge on any atom is 0.186 e. The van der Waals surface area contributed by atoms with Crippen LogP contribution >= 0.6 is 0 Å². The Hall–Kier alpha value is -1.09. The van der Waals surface area contributed by atoms with E-state index in [4.69, 9.17) is 9.47 Å². The lowest BCUT2D eigenvalue weighted by Gasteiger charge is -2.57. The summed E-state index contributed by atoms with van der Waals surface area (Å²) in [5.74, 6) is 3.53. The van der Waals surface area contributed by atoms with E-state index >= 15 is 0 Å². The van der Waals surface area contributed by atoms with E-state index in [1.165, 1.54) is 19.3 Å². The average Bonchev–Trinajstić information content (AvgIpc) is 3.31. The van der Waals surface area contributed by atoms with Gasteiger partial charge in [-0.05, 0) is 104 Å². The summed E-state index contributed by atoms with van der Waals surface area (Å²) in [6.07, 6.45) is 8.19. The van der Waals surface area contributed by atoms with Gasteiger partial charge in [0.15, 0.2) is 12.1 Å². The first-order chi connectivity index (χ1) is 19.8. The lowest BCUT2D eigenvalue weighted by Crippen LogP contribution is -2.60. The molecule has 5 rings (SSSR count). The van der Waals surface area contributed by atoms with Gasteiger partial charge in [0.25, 0.3) is 0 Å². The maximum absolute atomic E-state index is 13.9. The SMILES string of the molecule is CC[C@H](/C=C/[C@@H](C)[C@@H]1CC[C@@H]2[C@H]3C(=O)C=C4C[C@@H](O[C@H]5O[C@@H](CO)[C@@H](O)[C@@H](O)[C@@H]5O)CC[C@]4(C)[C@@H]3CC[C@@]21C)C(C)C. The molecule has 1 heterocycles. The first kappa shape index (κ1) is 32.3. The summed E-state index contributed by atoms with van der Waals surface area (Å²) in [6.45, 7) is 13.6. The zero-order chi connectivity index (χ0) is 30.6. The predicted octanol–water partition coefficient (Wildman–Crippen LogP) is 4.80. The second-order valence-corrected chi connectivity index (χ2v) is 15.2. The van der Waals surface area contributed by atoms with Gasteiger partial charge < -0.3 is 29.9 Å². The Kier molecular flexibility index (Phi) is 9.51. The lowest BCUT2D eigenvalue weighted by atomic mass is 9.46. The molecular formula is C35H56O7. The van der Waals surface area contributed by atoms with Crippen molar-refractivity contribution in [3.63, 3.8) is 0 Å². The van der Waals surface area contributed by atoms with Gasteiger partial charge in [-0.1, -0.05) is 59.3 Å². The lowest BCUT2D eigenvalue weighted by molar-refractivity contribution is -0.313. The second kappa shape index (κ2) is 12.4. The van der Waals surface area contributed by atoms with E-state index in [9.17, 15) is 25.2 Å². The number of hydrogen-bond acceptors (Lipinski definition) is 7. The molecule has 1 saturated heterocycles. The third-order valence-corrected chi connectivity index (χ3v) is 12.8. The minimum atomic E-state index is -1.46. The number of fused-ring (bicyclic) bond motifs is 5. The molecule has 3 saturated carbocycles. The van der Waals surface area contributed by atoms with Crippen LogP contribution in [0.4, 0.5) is 0 Å². The Balaban J connectivity index is 1.30. The summed E-state index contributed by atoms with van der Waals surface area (Å²) in [5, 5.41) is 40.3. The molecular weight excluding hydrogens is 532 g/mol. The quantitative estimate of drug-likeness (QED) is 0.301. The molecule has 0 aromatic heterocycles. The molecule has 0 spiro atoms. The Morgan fingerprint density at radius 1 is 1.00 bits per heavy atom. The van der Waals surface area contributed by atoms with Gasteiger partial charge >= 0.3 is 0 Å². The van der Waals surface area contributed by atoms with E-state index < -0.39 is 37.3 Å². The summed E-state index contributed by atoms with van der Waals surface area (Å²) in [7, 11) is 0. The number of ketones is 1. The Labute approximate surface area is 252 Å². The Morgan fingerprint density at radius 2 is 1.74 bits per heavy atom. The highest BCUT2D eigenvalue weighted by molar-refractivity contribution is 5.94. The van der Waals surface area contributed by atoms with Crippen LogP contribution in [0.25, 0.3) is 0 Å². The first-order valence-electron chi connectivity index (χ1n) is 16.7. The molecule has 0 aromatic rings. The highest BCUT2D eigenvalue weighted by atomic mass is 16.7. The van der Waals surface area contributed by atoms with Gasteiger partial charge in [-0.2, -0.15) is 0 Å². The summed E-state index contributed by atoms with van der Waals surface area (Å²) in [5.41, 5.74) is 1.28. The molecule has 7 nitrogen and oxygen atoms in total. The summed E-state index contributed by atoms with van der Waals surface area (Å²) < 4.78 is 11.7. The summed E-state index contributed by atoms with van der Waals surface area (Å²) >= 11 is 0. The molecule has 0 unspecified atom stereocenters. The van der Waals surface area contributed by atoms with Crippen molar-refractivity contribution in [2.45, 2.75) is 130 Å². The van der Waals surface area contributed by atoms with Gasteiger partial charge in [0.2, 0.25) is 0 Å². The topological polar surface area (TPSA) is 116 Å². The molecule has 1 aliphatic heterocycles. The van der Waals surface area contributed by atoms with Gasteiger partial charge in [0.05, 0.1) is 12.7 Å². The largest absolute Gasteiger partial charge is 0.394 e. The highest BCUT2D eigenvalue weighted by Gasteiger charge is 2.61. The molecule has 5 aliphatic rings. The van der Waals surface area contributed by atoms with Gasteiger partial charge in [-0.3, -0.25) is 4.79 Å². The number of carbonyl (C=O) groups is 1. The average molecular weight is 589 g/mol. The van der Waals surface area contributed by atoms with Crippen molar-refractivity contribution in [1.82, 2.24) is 0 Å². The van der Waals surface area contributed by atoms with Crippen molar-refractivity contribution in [1.29, 1.82) is 0 Å². The van der Waals surface area contributed by atoms with Gasteiger partial charge in [0, 0.05) is 5.92 Å². The third-order valence-electron chi connectivity index (χ3n) is 12.8. The van der Waals surface area contributed by atoms with Crippen LogP contribution in [0.5, 0.6) is 0 Å². The van der Waals surface area contributed by atoms with Gasteiger partial charge in [0.1, 0.15) is 24.4 Å². The van der Waals surface area contributed by atoms with E-state index in [1.807, 2.05) is 6.08 Å². The van der Waals surface area contributed by atoms with Crippen LogP contribution in [-0.4, -0.2) is 69.6 Å². The van der Waals surface area contributed by atoms with E-state index in [0.29, 0.717) is 41.9 Å². The zero-order valence-electron chi connectivity index (χ0n) is 26.6. The second-order valence-electron chi connectivity index (χ2n) is 15.2. The molecule has 42 heavy (non-hydrogen) atoms. The predicted molar refractivity (Wildman–Crippen MR) is 161 cm³/mol. The number of allylic oxidation sites excluding steroid dienone is 3. The van der Waals surface area contributed by atoms with Crippen LogP contribution in [0.2, 0.25) is 0 Å². The van der Waals surface area contributed by atoms with Crippen LogP contribution in [0.1, 0.15) is 92.9 Å². The fourth-order valence-corrected chi connectivity index (χ4v) is 10.0. The molecule has 0 aromatic carbocycles. The molecule has 0 bridgehead atoms. The van der Waals surface area contributed by atoms with Crippen molar-refractivity contribution < 1.29 is 34.7 Å². The fourth-order valence-electron chi connectivity index (χ4n) is 10.0. The monoisotopic (exact) mass is 588 g/mol. The zero-order valence-corrected chi connectivity index (χ0v) is 26.6. The highest BCUT2D eigenvalue weighted by Crippen LogP contribution is 2.66. The molecule has 4 aliphatic carbocycles. The van der Waals surface area contributed by atoms with Crippen LogP contribution < -0.4 is 0 Å². The van der Waals surface area contributed by atoms with Crippen LogP contribution in [0.3, 0.4) is 0 Å². The van der Waals surface area contributed by atoms with Crippen molar-refractivity contribution in [2.24, 2.45) is 52.3 Å². The minimum Gasteiger partial charge on any atom is -0.394 e. The normalized spacial score (nSPS) is 47.1. The smallest absolute Gasteiger partial charge is 0.186 e. The van der Waals surface area contributed by atoms with Gasteiger partial charge in [-0.25, -0.2) is 0 Å². The van der Waals surface area contributed by atoms with E-state index in [0.717, 1.165) is 31.3 Å². The molecule has 14 atom stereocenters. The summed E-state index contributed by atoms with van der Waals surface area (Å²) in [6, 6.07) is 0. The standard InChI is InChI=1S/C35H56O7/c1-7-21(19(2)3)9-8-20(4)24-10-11-25-29-26(13-15-35(24,25)6)34(5)14-12-23(16-22(34)17-27(29)37)41-33-32(40)31(39)30(38)28(18-36)42-33/h8-9,17,19-21,23-26,28-33,36,38-40H,7,10-16,18H2,1-6H3/b9-8+/t20-,21-,23+,24+,25-,26-,28+,29-,30-,31-,32+,33+,34+,35-/m1/s1. The maximum atomic E-state index is 13.9. The summed E-state index contributed by atoms with van der Waals surface area (Å²) in [4.78, 5) is 13.9. The van der Waals surface area contributed by atoms with Crippen molar-refractivity contribution in [3.05, 3.63) is 23.8 Å². The van der Waals surface area contributed by atoms with Crippen LogP contribution in [0, 0.1) is 52.3 Å². The van der Waals surface area contributed by atoms with E-state index in [1.54, 1.807) is 0 Å².